The van der Waals surface area contributed by atoms with E-state index in [0.29, 0.717) is 12.8 Å². The SMILES string of the molecule is CCCCCCCCC(CC)OC(=O)CCC(CCC)C(=O)O. The summed E-state index contributed by atoms with van der Waals surface area (Å²) in [4.78, 5) is 23.0. The van der Waals surface area contributed by atoms with Crippen LogP contribution in [0.3, 0.4) is 0 Å². The standard InChI is InChI=1S/C19H36O4/c1-4-7-8-9-10-11-13-17(6-3)23-18(20)15-14-16(12-5-2)19(21)22/h16-17H,4-15H2,1-3H3,(H,21,22). The van der Waals surface area contributed by atoms with E-state index < -0.39 is 11.9 Å². The van der Waals surface area contributed by atoms with Gasteiger partial charge in [0.15, 0.2) is 0 Å². The molecule has 2 atom stereocenters. The van der Waals surface area contributed by atoms with Gasteiger partial charge >= 0.3 is 11.9 Å². The Morgan fingerprint density at radius 1 is 0.870 bits per heavy atom. The maximum atomic E-state index is 11.9. The summed E-state index contributed by atoms with van der Waals surface area (Å²) in [5.41, 5.74) is 0. The van der Waals surface area contributed by atoms with Crippen molar-refractivity contribution in [2.24, 2.45) is 5.92 Å². The molecule has 4 heteroatoms. The summed E-state index contributed by atoms with van der Waals surface area (Å²) in [6.45, 7) is 6.20. The van der Waals surface area contributed by atoms with Crippen molar-refractivity contribution in [1.29, 1.82) is 0 Å². The molecular formula is C19H36O4. The van der Waals surface area contributed by atoms with Crippen LogP contribution in [0.5, 0.6) is 0 Å². The minimum atomic E-state index is -0.807. The highest BCUT2D eigenvalue weighted by Crippen LogP contribution is 2.17. The normalized spacial score (nSPS) is 13.5. The first-order valence-corrected chi connectivity index (χ1v) is 9.47. The lowest BCUT2D eigenvalue weighted by Crippen LogP contribution is -2.20. The number of hydrogen-bond acceptors (Lipinski definition) is 3. The molecule has 0 bridgehead atoms. The number of unbranched alkanes of at least 4 members (excludes halogenated alkanes) is 5. The van der Waals surface area contributed by atoms with Gasteiger partial charge in [-0.15, -0.1) is 0 Å². The van der Waals surface area contributed by atoms with Crippen LogP contribution in [0.25, 0.3) is 0 Å². The molecule has 0 spiro atoms. The topological polar surface area (TPSA) is 63.6 Å². The number of ether oxygens (including phenoxy) is 1. The molecule has 0 aromatic heterocycles. The van der Waals surface area contributed by atoms with Crippen LogP contribution in [-0.2, 0) is 14.3 Å². The Morgan fingerprint density at radius 2 is 1.52 bits per heavy atom. The molecule has 1 N–H and O–H groups in total. The maximum Gasteiger partial charge on any atom is 0.306 e. The summed E-state index contributed by atoms with van der Waals surface area (Å²) in [5.74, 6) is -1.48. The van der Waals surface area contributed by atoms with Crippen LogP contribution in [0.2, 0.25) is 0 Å². The Hall–Kier alpha value is -1.06. The van der Waals surface area contributed by atoms with Crippen molar-refractivity contribution in [2.75, 3.05) is 0 Å². The summed E-state index contributed by atoms with van der Waals surface area (Å²) in [5, 5.41) is 9.10. The largest absolute Gasteiger partial charge is 0.481 e. The molecule has 4 nitrogen and oxygen atoms in total. The van der Waals surface area contributed by atoms with Crippen LogP contribution >= 0.6 is 0 Å². The van der Waals surface area contributed by atoms with Crippen LogP contribution in [0.15, 0.2) is 0 Å². The lowest BCUT2D eigenvalue weighted by Gasteiger charge is -2.17. The zero-order valence-electron chi connectivity index (χ0n) is 15.3. The van der Waals surface area contributed by atoms with Gasteiger partial charge in [-0.25, -0.2) is 0 Å². The van der Waals surface area contributed by atoms with Gasteiger partial charge in [0.25, 0.3) is 0 Å². The van der Waals surface area contributed by atoms with Crippen molar-refractivity contribution in [3.63, 3.8) is 0 Å². The highest BCUT2D eigenvalue weighted by Gasteiger charge is 2.19. The van der Waals surface area contributed by atoms with Crippen molar-refractivity contribution in [3.8, 4) is 0 Å². The summed E-state index contributed by atoms with van der Waals surface area (Å²) in [6.07, 6.45) is 11.2. The summed E-state index contributed by atoms with van der Waals surface area (Å²) >= 11 is 0. The van der Waals surface area contributed by atoms with Crippen LogP contribution in [0.4, 0.5) is 0 Å². The fraction of sp³-hybridized carbons (Fsp3) is 0.895. The first-order valence-electron chi connectivity index (χ1n) is 9.47. The average Bonchev–Trinajstić information content (AvgIpc) is 2.53. The predicted molar refractivity (Wildman–Crippen MR) is 93.4 cm³/mol. The molecule has 0 fully saturated rings. The third-order valence-corrected chi connectivity index (χ3v) is 4.32. The minimum absolute atomic E-state index is 0.0110. The van der Waals surface area contributed by atoms with Gasteiger partial charge in [0.1, 0.15) is 6.10 Å². The molecule has 2 unspecified atom stereocenters. The Balaban J connectivity index is 3.92. The minimum Gasteiger partial charge on any atom is -0.481 e. The molecule has 0 aromatic rings. The van der Waals surface area contributed by atoms with Gasteiger partial charge < -0.3 is 9.84 Å². The van der Waals surface area contributed by atoms with Crippen molar-refractivity contribution < 1.29 is 19.4 Å². The van der Waals surface area contributed by atoms with E-state index in [-0.39, 0.29) is 18.5 Å². The third-order valence-electron chi connectivity index (χ3n) is 4.32. The fourth-order valence-electron chi connectivity index (χ4n) is 2.78. The zero-order chi connectivity index (χ0) is 17.5. The second-order valence-corrected chi connectivity index (χ2v) is 6.44. The summed E-state index contributed by atoms with van der Waals surface area (Å²) in [6, 6.07) is 0. The lowest BCUT2D eigenvalue weighted by molar-refractivity contribution is -0.150. The molecular weight excluding hydrogens is 292 g/mol. The van der Waals surface area contributed by atoms with E-state index in [1.807, 2.05) is 13.8 Å². The van der Waals surface area contributed by atoms with Gasteiger partial charge in [0.2, 0.25) is 0 Å². The summed E-state index contributed by atoms with van der Waals surface area (Å²) < 4.78 is 5.50. The monoisotopic (exact) mass is 328 g/mol. The number of carbonyl (C=O) groups excluding carboxylic acids is 1. The molecule has 0 saturated heterocycles. The highest BCUT2D eigenvalue weighted by molar-refractivity contribution is 5.73. The molecule has 0 radical (unpaired) electrons. The van der Waals surface area contributed by atoms with Gasteiger partial charge in [0.05, 0.1) is 5.92 Å². The number of esters is 1. The second-order valence-electron chi connectivity index (χ2n) is 6.44. The van der Waals surface area contributed by atoms with Crippen LogP contribution < -0.4 is 0 Å². The van der Waals surface area contributed by atoms with E-state index in [0.717, 1.165) is 25.7 Å². The molecule has 0 saturated carbocycles. The van der Waals surface area contributed by atoms with Gasteiger partial charge in [-0.05, 0) is 32.1 Å². The van der Waals surface area contributed by atoms with Gasteiger partial charge in [-0.3, -0.25) is 9.59 Å². The Labute approximate surface area is 142 Å². The molecule has 0 heterocycles. The number of carboxylic acids is 1. The Bertz CT molecular complexity index is 314. The predicted octanol–water partition coefficient (Wildman–Crippen LogP) is 5.34. The highest BCUT2D eigenvalue weighted by atomic mass is 16.5. The fourth-order valence-corrected chi connectivity index (χ4v) is 2.78. The second kappa shape index (κ2) is 14.5. The molecule has 0 aliphatic heterocycles. The van der Waals surface area contributed by atoms with Gasteiger partial charge in [-0.2, -0.15) is 0 Å². The molecule has 0 rings (SSSR count). The van der Waals surface area contributed by atoms with Crippen molar-refractivity contribution in [2.45, 2.75) is 104 Å². The van der Waals surface area contributed by atoms with Crippen LogP contribution in [0, 0.1) is 5.92 Å². The van der Waals surface area contributed by atoms with E-state index in [2.05, 4.69) is 6.92 Å². The molecule has 23 heavy (non-hydrogen) atoms. The van der Waals surface area contributed by atoms with Crippen LogP contribution in [0.1, 0.15) is 97.8 Å². The van der Waals surface area contributed by atoms with Crippen molar-refractivity contribution >= 4 is 11.9 Å². The number of rotatable bonds is 15. The van der Waals surface area contributed by atoms with E-state index in [9.17, 15) is 9.59 Å². The smallest absolute Gasteiger partial charge is 0.306 e. The first-order chi connectivity index (χ1) is 11.0. The number of hydrogen-bond donors (Lipinski definition) is 1. The van der Waals surface area contributed by atoms with Crippen molar-refractivity contribution in [1.82, 2.24) is 0 Å². The zero-order valence-corrected chi connectivity index (χ0v) is 15.3. The van der Waals surface area contributed by atoms with Crippen molar-refractivity contribution in [3.05, 3.63) is 0 Å². The number of carboxylic acid groups (broad SMARTS) is 1. The van der Waals surface area contributed by atoms with E-state index in [4.69, 9.17) is 9.84 Å². The van der Waals surface area contributed by atoms with Crippen LogP contribution in [-0.4, -0.2) is 23.1 Å². The van der Waals surface area contributed by atoms with E-state index >= 15 is 0 Å². The van der Waals surface area contributed by atoms with E-state index in [1.165, 1.54) is 32.1 Å². The quantitative estimate of drug-likeness (QED) is 0.325. The maximum absolute atomic E-state index is 11.9. The van der Waals surface area contributed by atoms with Gasteiger partial charge in [0, 0.05) is 6.42 Å². The average molecular weight is 328 g/mol. The Kier molecular flexibility index (Phi) is 13.9. The number of aliphatic carboxylic acids is 1. The van der Waals surface area contributed by atoms with Gasteiger partial charge in [-0.1, -0.05) is 59.3 Å². The lowest BCUT2D eigenvalue weighted by atomic mass is 9.98. The third kappa shape index (κ3) is 12.1. The molecule has 136 valence electrons. The molecule has 0 aromatic carbocycles. The molecule has 0 amide bonds. The molecule has 0 aliphatic carbocycles. The van der Waals surface area contributed by atoms with E-state index in [1.54, 1.807) is 0 Å². The summed E-state index contributed by atoms with van der Waals surface area (Å²) in [7, 11) is 0. The Morgan fingerprint density at radius 3 is 2.09 bits per heavy atom. The molecule has 0 aliphatic rings. The number of carbonyl (C=O) groups is 2. The first kappa shape index (κ1) is 21.9.